The third kappa shape index (κ3) is 4.95. The smallest absolute Gasteiger partial charge is 0.250 e. The van der Waals surface area contributed by atoms with Gasteiger partial charge in [0.1, 0.15) is 11.5 Å². The number of guanidine groups is 1. The number of phenolic OH excluding ortho intramolecular Hbond substituents is 2. The fourth-order valence-corrected chi connectivity index (χ4v) is 2.04. The first-order valence-electron chi connectivity index (χ1n) is 7.37. The van der Waals surface area contributed by atoms with Gasteiger partial charge in [-0.25, -0.2) is 10.9 Å². The van der Waals surface area contributed by atoms with Crippen LogP contribution in [0.5, 0.6) is 11.5 Å². The molecule has 0 spiro atoms. The van der Waals surface area contributed by atoms with Crippen molar-refractivity contribution in [2.75, 3.05) is 0 Å². The van der Waals surface area contributed by atoms with Gasteiger partial charge in [0.15, 0.2) is 0 Å². The maximum Gasteiger partial charge on any atom is 0.250 e. The molecule has 2 aromatic carbocycles. The highest BCUT2D eigenvalue weighted by molar-refractivity contribution is 6.19. The third-order valence-electron chi connectivity index (χ3n) is 3.37. The molecule has 8 heteroatoms. The van der Waals surface area contributed by atoms with Crippen LogP contribution in [0.4, 0.5) is 0 Å². The van der Waals surface area contributed by atoms with Crippen LogP contribution >= 0.6 is 11.8 Å². The monoisotopic (exact) mass is 359 g/mol. The van der Waals surface area contributed by atoms with Crippen LogP contribution in [-0.2, 0) is 0 Å². The zero-order valence-corrected chi connectivity index (χ0v) is 14.5. The molecule has 2 rings (SSSR count). The van der Waals surface area contributed by atoms with Crippen molar-refractivity contribution in [2.45, 2.75) is 13.8 Å². The van der Waals surface area contributed by atoms with Crippen molar-refractivity contribution in [1.82, 2.24) is 10.9 Å². The molecule has 0 saturated heterocycles. The molecule has 130 valence electrons. The largest absolute Gasteiger partial charge is 0.507 e. The maximum atomic E-state index is 9.90. The van der Waals surface area contributed by atoms with E-state index < -0.39 is 0 Å². The van der Waals surface area contributed by atoms with Crippen molar-refractivity contribution >= 4 is 30.2 Å². The summed E-state index contributed by atoms with van der Waals surface area (Å²) in [6.45, 7) is 3.59. The van der Waals surface area contributed by atoms with E-state index in [-0.39, 0.29) is 17.5 Å². The molecule has 7 nitrogen and oxygen atoms in total. The Morgan fingerprint density at radius 1 is 0.880 bits per heavy atom. The quantitative estimate of drug-likeness (QED) is 0.383. The normalized spacial score (nSPS) is 11.0. The number of benzene rings is 2. The second-order valence-electron chi connectivity index (χ2n) is 5.20. The molecule has 25 heavy (non-hydrogen) atoms. The number of rotatable bonds is 4. The topological polar surface area (TPSA) is 102 Å². The molecular weight excluding hydrogens is 342 g/mol. The van der Waals surface area contributed by atoms with Gasteiger partial charge >= 0.3 is 0 Å². The number of nitrogens with one attached hydrogen (secondary N) is 2. The molecule has 0 aliphatic carbocycles. The fourth-order valence-electron chi connectivity index (χ4n) is 1.96. The summed E-state index contributed by atoms with van der Waals surface area (Å²) in [6, 6.07) is 10.6. The van der Waals surface area contributed by atoms with Crippen molar-refractivity contribution in [3.05, 3.63) is 58.7 Å². The summed E-state index contributed by atoms with van der Waals surface area (Å²) in [7, 11) is 0. The summed E-state index contributed by atoms with van der Waals surface area (Å²) in [6.07, 6.45) is 2.87. The lowest BCUT2D eigenvalue weighted by molar-refractivity contribution is 0.470. The number of hydrazone groups is 2. The van der Waals surface area contributed by atoms with Gasteiger partial charge in [0.05, 0.1) is 12.4 Å². The summed E-state index contributed by atoms with van der Waals surface area (Å²) >= 11 is 5.46. The minimum Gasteiger partial charge on any atom is -0.507 e. The van der Waals surface area contributed by atoms with E-state index in [0.717, 1.165) is 11.1 Å². The van der Waals surface area contributed by atoms with E-state index in [0.29, 0.717) is 11.1 Å². The number of aromatic hydroxyl groups is 2. The van der Waals surface area contributed by atoms with Crippen molar-refractivity contribution in [3.8, 4) is 11.5 Å². The van der Waals surface area contributed by atoms with Gasteiger partial charge in [-0.3, -0.25) is 0 Å². The van der Waals surface area contributed by atoms with E-state index in [2.05, 4.69) is 25.6 Å². The zero-order valence-electron chi connectivity index (χ0n) is 13.7. The Labute approximate surface area is 150 Å². The molecule has 0 aliphatic heterocycles. The average molecular weight is 360 g/mol. The van der Waals surface area contributed by atoms with Crippen LogP contribution in [0.25, 0.3) is 0 Å². The van der Waals surface area contributed by atoms with Crippen LogP contribution in [0.15, 0.2) is 51.1 Å². The number of para-hydroxylation sites is 2. The minimum atomic E-state index is 0.0773. The SMILES string of the molecule is Cc1cccc(/C=N/NC(=NCl)N/N=C/c2cccc(C)c2O)c1O. The Balaban J connectivity index is 1.97. The molecule has 0 fully saturated rings. The summed E-state index contributed by atoms with van der Waals surface area (Å²) in [4.78, 5) is 0. The summed E-state index contributed by atoms with van der Waals surface area (Å²) in [5.74, 6) is 0.380. The molecule has 4 N–H and O–H groups in total. The number of aryl methyl sites for hydroxylation is 2. The number of phenols is 2. The van der Waals surface area contributed by atoms with E-state index in [1.165, 1.54) is 12.4 Å². The van der Waals surface area contributed by atoms with Crippen molar-refractivity contribution < 1.29 is 10.2 Å². The standard InChI is InChI=1S/C17H18ClN5O2/c1-11-5-3-7-13(15(11)24)9-19-22-17(21-18)23-20-10-14-8-4-6-12(2)16(14)25/h3-10,24-25H,1-2H3,(H2,21,22,23)/b19-9+,20-10+. The third-order valence-corrected chi connectivity index (χ3v) is 3.54. The first-order chi connectivity index (χ1) is 12.0. The molecule has 2 aromatic rings. The van der Waals surface area contributed by atoms with Gasteiger partial charge in [-0.1, -0.05) is 24.3 Å². The molecule has 0 unspecified atom stereocenters. The van der Waals surface area contributed by atoms with Gasteiger partial charge in [-0.15, -0.1) is 4.51 Å². The molecule has 0 aromatic heterocycles. The zero-order chi connectivity index (χ0) is 18.2. The van der Waals surface area contributed by atoms with Crippen LogP contribution in [0.1, 0.15) is 22.3 Å². The Morgan fingerprint density at radius 2 is 1.32 bits per heavy atom. The number of hydrogen-bond acceptors (Lipinski definition) is 5. The molecule has 0 radical (unpaired) electrons. The predicted molar refractivity (Wildman–Crippen MR) is 100 cm³/mol. The van der Waals surface area contributed by atoms with Gasteiger partial charge in [0.2, 0.25) is 5.96 Å². The Morgan fingerprint density at radius 3 is 1.72 bits per heavy atom. The van der Waals surface area contributed by atoms with Crippen molar-refractivity contribution in [2.24, 2.45) is 14.7 Å². The summed E-state index contributed by atoms with van der Waals surface area (Å²) in [5.41, 5.74) is 7.73. The predicted octanol–water partition coefficient (Wildman–Crippen LogP) is 2.77. The van der Waals surface area contributed by atoms with Gasteiger partial charge < -0.3 is 10.2 Å². The lowest BCUT2D eigenvalue weighted by atomic mass is 10.1. The van der Waals surface area contributed by atoms with Gasteiger partial charge in [-0.2, -0.15) is 10.2 Å². The lowest BCUT2D eigenvalue weighted by Crippen LogP contribution is -2.30. The number of hydrogen-bond donors (Lipinski definition) is 4. The molecular formula is C17H18ClN5O2. The second kappa shape index (κ2) is 8.70. The first kappa shape index (κ1) is 18.3. The Hall–Kier alpha value is -3.06. The van der Waals surface area contributed by atoms with Gasteiger partial charge in [-0.05, 0) is 37.1 Å². The Bertz CT molecular complexity index is 768. The molecule has 0 amide bonds. The highest BCUT2D eigenvalue weighted by Crippen LogP contribution is 2.20. The minimum absolute atomic E-state index is 0.0773. The van der Waals surface area contributed by atoms with Crippen LogP contribution < -0.4 is 10.9 Å². The number of nitrogens with zero attached hydrogens (tertiary/aromatic N) is 3. The van der Waals surface area contributed by atoms with Gasteiger partial charge in [0.25, 0.3) is 0 Å². The molecule has 0 aliphatic rings. The fraction of sp³-hybridized carbons (Fsp3) is 0.118. The lowest BCUT2D eigenvalue weighted by Gasteiger charge is -2.04. The van der Waals surface area contributed by atoms with Crippen LogP contribution in [-0.4, -0.2) is 28.6 Å². The van der Waals surface area contributed by atoms with E-state index >= 15 is 0 Å². The average Bonchev–Trinajstić information content (AvgIpc) is 2.60. The van der Waals surface area contributed by atoms with E-state index in [1.807, 2.05) is 12.1 Å². The van der Waals surface area contributed by atoms with E-state index in [4.69, 9.17) is 11.8 Å². The molecule has 0 bridgehead atoms. The van der Waals surface area contributed by atoms with Crippen molar-refractivity contribution in [1.29, 1.82) is 0 Å². The van der Waals surface area contributed by atoms with Crippen LogP contribution in [0.2, 0.25) is 0 Å². The summed E-state index contributed by atoms with van der Waals surface area (Å²) < 4.78 is 3.44. The number of halogens is 1. The van der Waals surface area contributed by atoms with Gasteiger partial charge in [0, 0.05) is 22.9 Å². The second-order valence-corrected chi connectivity index (χ2v) is 5.37. The van der Waals surface area contributed by atoms with Crippen LogP contribution in [0.3, 0.4) is 0 Å². The Kier molecular flexibility index (Phi) is 6.36. The van der Waals surface area contributed by atoms with E-state index in [9.17, 15) is 10.2 Å². The highest BCUT2D eigenvalue weighted by atomic mass is 35.5. The summed E-state index contributed by atoms with van der Waals surface area (Å²) in [5, 5.41) is 27.7. The maximum absolute atomic E-state index is 9.90. The van der Waals surface area contributed by atoms with Crippen molar-refractivity contribution in [3.63, 3.8) is 0 Å². The molecule has 0 atom stereocenters. The van der Waals surface area contributed by atoms with Crippen LogP contribution in [0, 0.1) is 13.8 Å². The first-order valence-corrected chi connectivity index (χ1v) is 7.71. The molecule has 0 saturated carbocycles. The highest BCUT2D eigenvalue weighted by Gasteiger charge is 2.02. The molecule has 0 heterocycles. The van der Waals surface area contributed by atoms with E-state index in [1.54, 1.807) is 38.1 Å².